The van der Waals surface area contributed by atoms with Crippen molar-refractivity contribution in [2.45, 2.75) is 39.7 Å². The molecule has 1 saturated heterocycles. The number of nitrogens with zero attached hydrogens (tertiary/aromatic N) is 2. The van der Waals surface area contributed by atoms with Crippen molar-refractivity contribution in [3.8, 4) is 0 Å². The first-order chi connectivity index (χ1) is 9.60. The van der Waals surface area contributed by atoms with Crippen molar-refractivity contribution in [1.29, 1.82) is 0 Å². The number of carbonyl (C=O) groups is 1. The van der Waals surface area contributed by atoms with Gasteiger partial charge in [-0.25, -0.2) is 10.8 Å². The molecule has 3 N–H and O–H groups in total. The van der Waals surface area contributed by atoms with Crippen LogP contribution in [-0.2, 0) is 6.54 Å². The van der Waals surface area contributed by atoms with E-state index in [0.717, 1.165) is 37.2 Å². The van der Waals surface area contributed by atoms with Crippen molar-refractivity contribution < 1.29 is 4.79 Å². The molecule has 6 heteroatoms. The Balaban J connectivity index is 1.90. The number of nitrogen functional groups attached to an aromatic ring is 1. The molecule has 1 aliphatic rings. The van der Waals surface area contributed by atoms with E-state index in [1.54, 1.807) is 0 Å². The number of nitrogens with one attached hydrogen (secondary N) is 1. The molecule has 112 valence electrons. The Labute approximate surface area is 124 Å². The van der Waals surface area contributed by atoms with Gasteiger partial charge in [-0.05, 0) is 44.2 Å². The summed E-state index contributed by atoms with van der Waals surface area (Å²) in [6, 6.07) is 0. The Kier molecular flexibility index (Phi) is 5.51. The van der Waals surface area contributed by atoms with Gasteiger partial charge in [-0.3, -0.25) is 15.1 Å². The summed E-state index contributed by atoms with van der Waals surface area (Å²) in [7, 11) is 0. The Morgan fingerprint density at radius 1 is 1.55 bits per heavy atom. The standard InChI is InChI=1S/C14H24N4OS/c1-10(2)11-4-3-6-18(7-5-11)8-12-9-20-14(16-12)13(19)17-15/h9-11H,3-8,15H2,1-2H3,(H,17,19). The van der Waals surface area contributed by atoms with Gasteiger partial charge < -0.3 is 0 Å². The van der Waals surface area contributed by atoms with E-state index < -0.39 is 0 Å². The summed E-state index contributed by atoms with van der Waals surface area (Å²) in [6.45, 7) is 7.72. The predicted molar refractivity (Wildman–Crippen MR) is 81.2 cm³/mol. The lowest BCUT2D eigenvalue weighted by Gasteiger charge is -2.20. The van der Waals surface area contributed by atoms with Gasteiger partial charge in [-0.1, -0.05) is 13.8 Å². The highest BCUT2D eigenvalue weighted by atomic mass is 32.1. The summed E-state index contributed by atoms with van der Waals surface area (Å²) >= 11 is 1.35. The smallest absolute Gasteiger partial charge is 0.294 e. The number of hydrogen-bond acceptors (Lipinski definition) is 5. The molecule has 1 amide bonds. The number of rotatable bonds is 4. The van der Waals surface area contributed by atoms with Gasteiger partial charge in [0, 0.05) is 11.9 Å². The van der Waals surface area contributed by atoms with Crippen LogP contribution in [0.5, 0.6) is 0 Å². The molecule has 5 nitrogen and oxygen atoms in total. The van der Waals surface area contributed by atoms with E-state index in [-0.39, 0.29) is 5.91 Å². The molecule has 0 spiro atoms. The van der Waals surface area contributed by atoms with Crippen LogP contribution in [0.25, 0.3) is 0 Å². The molecule has 2 heterocycles. The molecule has 1 aliphatic heterocycles. The lowest BCUT2D eigenvalue weighted by Crippen LogP contribution is -2.30. The van der Waals surface area contributed by atoms with Crippen molar-refractivity contribution in [1.82, 2.24) is 15.3 Å². The second-order valence-corrected chi connectivity index (χ2v) is 6.69. The highest BCUT2D eigenvalue weighted by Gasteiger charge is 2.20. The minimum Gasteiger partial charge on any atom is -0.297 e. The molecular formula is C14H24N4OS. The number of amides is 1. The number of likely N-dealkylation sites (tertiary alicyclic amines) is 1. The van der Waals surface area contributed by atoms with E-state index in [1.807, 2.05) is 5.38 Å². The molecule has 20 heavy (non-hydrogen) atoms. The topological polar surface area (TPSA) is 71.2 Å². The van der Waals surface area contributed by atoms with Crippen molar-refractivity contribution in [3.63, 3.8) is 0 Å². The van der Waals surface area contributed by atoms with Crippen LogP contribution >= 0.6 is 11.3 Å². The molecule has 0 saturated carbocycles. The molecule has 1 aromatic heterocycles. The van der Waals surface area contributed by atoms with Crippen LogP contribution in [0, 0.1) is 11.8 Å². The fourth-order valence-electron chi connectivity index (χ4n) is 2.78. The Morgan fingerprint density at radius 2 is 2.35 bits per heavy atom. The minimum absolute atomic E-state index is 0.308. The van der Waals surface area contributed by atoms with Crippen LogP contribution in [-0.4, -0.2) is 28.9 Å². The van der Waals surface area contributed by atoms with Crippen LogP contribution in [0.15, 0.2) is 5.38 Å². The fraction of sp³-hybridized carbons (Fsp3) is 0.714. The average Bonchev–Trinajstić information content (AvgIpc) is 2.76. The van der Waals surface area contributed by atoms with E-state index in [0.29, 0.717) is 5.01 Å². The quantitative estimate of drug-likeness (QED) is 0.506. The number of thiazole rings is 1. The van der Waals surface area contributed by atoms with Crippen LogP contribution < -0.4 is 11.3 Å². The summed E-state index contributed by atoms with van der Waals surface area (Å²) in [6.07, 6.45) is 3.84. The normalized spacial score (nSPS) is 20.9. The highest BCUT2D eigenvalue weighted by Crippen LogP contribution is 2.25. The van der Waals surface area contributed by atoms with Gasteiger partial charge in [0.05, 0.1) is 5.69 Å². The van der Waals surface area contributed by atoms with E-state index in [4.69, 9.17) is 5.84 Å². The highest BCUT2D eigenvalue weighted by molar-refractivity contribution is 7.11. The molecule has 0 aliphatic carbocycles. The number of aromatic nitrogens is 1. The van der Waals surface area contributed by atoms with Crippen LogP contribution in [0.2, 0.25) is 0 Å². The van der Waals surface area contributed by atoms with Crippen LogP contribution in [0.1, 0.15) is 48.6 Å². The summed E-state index contributed by atoms with van der Waals surface area (Å²) in [4.78, 5) is 18.2. The maximum atomic E-state index is 11.4. The zero-order chi connectivity index (χ0) is 14.5. The largest absolute Gasteiger partial charge is 0.297 e. The van der Waals surface area contributed by atoms with Gasteiger partial charge in [0.25, 0.3) is 5.91 Å². The van der Waals surface area contributed by atoms with Crippen molar-refractivity contribution in [2.75, 3.05) is 13.1 Å². The molecule has 1 aromatic rings. The zero-order valence-corrected chi connectivity index (χ0v) is 13.1. The van der Waals surface area contributed by atoms with Gasteiger partial charge in [0.15, 0.2) is 5.01 Å². The van der Waals surface area contributed by atoms with Gasteiger partial charge in [0.2, 0.25) is 0 Å². The number of carbonyl (C=O) groups excluding carboxylic acids is 1. The fourth-order valence-corrected chi connectivity index (χ4v) is 3.49. The number of hydrazine groups is 1. The number of hydrogen-bond donors (Lipinski definition) is 2. The van der Waals surface area contributed by atoms with Crippen molar-refractivity contribution in [2.24, 2.45) is 17.7 Å². The second kappa shape index (κ2) is 7.15. The third-order valence-electron chi connectivity index (χ3n) is 4.07. The third kappa shape index (κ3) is 4.01. The molecule has 1 unspecified atom stereocenters. The van der Waals surface area contributed by atoms with Crippen molar-refractivity contribution >= 4 is 17.2 Å². The minimum atomic E-state index is -0.308. The lowest BCUT2D eigenvalue weighted by molar-refractivity contribution is 0.0953. The Hall–Kier alpha value is -0.980. The van der Waals surface area contributed by atoms with Gasteiger partial charge >= 0.3 is 0 Å². The molecule has 0 aromatic carbocycles. The monoisotopic (exact) mass is 296 g/mol. The van der Waals surface area contributed by atoms with Gasteiger partial charge in [0.1, 0.15) is 0 Å². The first-order valence-electron chi connectivity index (χ1n) is 7.28. The van der Waals surface area contributed by atoms with E-state index in [1.165, 1.54) is 30.6 Å². The van der Waals surface area contributed by atoms with Gasteiger partial charge in [-0.2, -0.15) is 0 Å². The number of nitrogens with two attached hydrogens (primary N) is 1. The SMILES string of the molecule is CC(C)C1CCCN(Cc2csc(C(=O)NN)n2)CC1. The second-order valence-electron chi connectivity index (χ2n) is 5.83. The van der Waals surface area contributed by atoms with Crippen LogP contribution in [0.4, 0.5) is 0 Å². The first-order valence-corrected chi connectivity index (χ1v) is 8.15. The third-order valence-corrected chi connectivity index (χ3v) is 4.96. The molecule has 1 atom stereocenters. The van der Waals surface area contributed by atoms with E-state index in [2.05, 4.69) is 29.2 Å². The summed E-state index contributed by atoms with van der Waals surface area (Å²) < 4.78 is 0. The zero-order valence-electron chi connectivity index (χ0n) is 12.3. The Bertz CT molecular complexity index is 446. The summed E-state index contributed by atoms with van der Waals surface area (Å²) in [5.41, 5.74) is 3.09. The molecule has 0 bridgehead atoms. The molecular weight excluding hydrogens is 272 g/mol. The maximum absolute atomic E-state index is 11.4. The average molecular weight is 296 g/mol. The molecule has 2 rings (SSSR count). The van der Waals surface area contributed by atoms with Gasteiger partial charge in [-0.15, -0.1) is 11.3 Å². The lowest BCUT2D eigenvalue weighted by atomic mass is 9.89. The maximum Gasteiger partial charge on any atom is 0.294 e. The summed E-state index contributed by atoms with van der Waals surface area (Å²) in [5.74, 6) is 6.42. The molecule has 1 fully saturated rings. The predicted octanol–water partition coefficient (Wildman–Crippen LogP) is 2.00. The van der Waals surface area contributed by atoms with Crippen molar-refractivity contribution in [3.05, 3.63) is 16.1 Å². The Morgan fingerprint density at radius 3 is 3.05 bits per heavy atom. The van der Waals surface area contributed by atoms with E-state index in [9.17, 15) is 4.79 Å². The molecule has 0 radical (unpaired) electrons. The summed E-state index contributed by atoms with van der Waals surface area (Å²) in [5, 5.41) is 2.40. The van der Waals surface area contributed by atoms with Crippen LogP contribution in [0.3, 0.4) is 0 Å². The first kappa shape index (κ1) is 15.4. The van der Waals surface area contributed by atoms with E-state index >= 15 is 0 Å².